The van der Waals surface area contributed by atoms with E-state index in [1.165, 1.54) is 6.92 Å². The van der Waals surface area contributed by atoms with Gasteiger partial charge in [0.15, 0.2) is 6.10 Å². The number of fused-ring (bicyclic) bond motifs is 1. The van der Waals surface area contributed by atoms with Crippen LogP contribution in [0.4, 0.5) is 18.9 Å². The fourth-order valence-electron chi connectivity index (χ4n) is 2.57. The smallest absolute Gasteiger partial charge is 0.416 e. The summed E-state index contributed by atoms with van der Waals surface area (Å²) in [6.07, 6.45) is -5.48. The van der Waals surface area contributed by atoms with Gasteiger partial charge in [-0.3, -0.25) is 4.79 Å². The van der Waals surface area contributed by atoms with Gasteiger partial charge in [-0.1, -0.05) is 48.0 Å². The van der Waals surface area contributed by atoms with Gasteiger partial charge in [0.2, 0.25) is 0 Å². The molecule has 0 radical (unpaired) electrons. The van der Waals surface area contributed by atoms with Crippen molar-refractivity contribution in [3.8, 4) is 5.75 Å². The summed E-state index contributed by atoms with van der Waals surface area (Å²) in [7, 11) is 0. The molecule has 140 valence electrons. The number of carbonyl (C=O) groups is 1. The van der Waals surface area contributed by atoms with Gasteiger partial charge in [-0.2, -0.15) is 13.2 Å². The Morgan fingerprint density at radius 1 is 1.07 bits per heavy atom. The Balaban J connectivity index is 1.78. The molecule has 1 N–H and O–H groups in total. The Bertz CT molecular complexity index is 983. The zero-order valence-electron chi connectivity index (χ0n) is 14.2. The number of nitrogens with one attached hydrogen (secondary N) is 1. The minimum Gasteiger partial charge on any atom is -0.480 e. The van der Waals surface area contributed by atoms with Crippen molar-refractivity contribution in [1.29, 1.82) is 0 Å². The SMILES string of the molecule is CC(Oc1cccc2ccccc12)C(=O)Nc1cc(C(F)(F)F)ccc1Cl. The molecular formula is C20H15ClF3NO2. The second-order valence-electron chi connectivity index (χ2n) is 5.92. The van der Waals surface area contributed by atoms with Gasteiger partial charge in [-0.25, -0.2) is 0 Å². The summed E-state index contributed by atoms with van der Waals surface area (Å²) in [5.74, 6) is -0.102. The van der Waals surface area contributed by atoms with Crippen LogP contribution in [0.15, 0.2) is 60.7 Å². The van der Waals surface area contributed by atoms with Gasteiger partial charge >= 0.3 is 6.18 Å². The summed E-state index contributed by atoms with van der Waals surface area (Å²) in [6.45, 7) is 1.51. The maximum absolute atomic E-state index is 12.9. The van der Waals surface area contributed by atoms with Gasteiger partial charge in [0.05, 0.1) is 16.3 Å². The molecule has 0 bridgehead atoms. The summed E-state index contributed by atoms with van der Waals surface area (Å²) < 4.78 is 44.3. The maximum atomic E-state index is 12.9. The van der Waals surface area contributed by atoms with Crippen LogP contribution >= 0.6 is 11.6 Å². The van der Waals surface area contributed by atoms with Crippen LogP contribution in [0.5, 0.6) is 5.75 Å². The number of benzene rings is 3. The number of alkyl halides is 3. The van der Waals surface area contributed by atoms with Gasteiger partial charge in [-0.15, -0.1) is 0 Å². The molecule has 0 saturated heterocycles. The minimum atomic E-state index is -4.53. The van der Waals surface area contributed by atoms with E-state index in [4.69, 9.17) is 16.3 Å². The normalized spacial score (nSPS) is 12.6. The summed E-state index contributed by atoms with van der Waals surface area (Å²) in [4.78, 5) is 12.4. The van der Waals surface area contributed by atoms with E-state index < -0.39 is 23.8 Å². The third-order valence-electron chi connectivity index (χ3n) is 3.97. The predicted octanol–water partition coefficient (Wildman–Crippen LogP) is 5.92. The van der Waals surface area contributed by atoms with E-state index in [9.17, 15) is 18.0 Å². The topological polar surface area (TPSA) is 38.3 Å². The molecule has 3 aromatic rings. The first kappa shape index (κ1) is 19.0. The predicted molar refractivity (Wildman–Crippen MR) is 99.1 cm³/mol. The zero-order valence-corrected chi connectivity index (χ0v) is 14.9. The molecule has 0 heterocycles. The number of hydrogen-bond acceptors (Lipinski definition) is 2. The molecule has 3 nitrogen and oxygen atoms in total. The lowest BCUT2D eigenvalue weighted by atomic mass is 10.1. The zero-order chi connectivity index (χ0) is 19.6. The third-order valence-corrected chi connectivity index (χ3v) is 4.30. The van der Waals surface area contributed by atoms with Crippen LogP contribution in [0.2, 0.25) is 5.02 Å². The molecular weight excluding hydrogens is 379 g/mol. The highest BCUT2D eigenvalue weighted by Crippen LogP contribution is 2.34. The van der Waals surface area contributed by atoms with E-state index in [-0.39, 0.29) is 10.7 Å². The number of halogens is 4. The molecule has 0 spiro atoms. The molecule has 27 heavy (non-hydrogen) atoms. The Morgan fingerprint density at radius 2 is 1.78 bits per heavy atom. The summed E-state index contributed by atoms with van der Waals surface area (Å²) in [5, 5.41) is 4.18. The second-order valence-corrected chi connectivity index (χ2v) is 6.33. The number of ether oxygens (including phenoxy) is 1. The van der Waals surface area contributed by atoms with Crippen LogP contribution in [0, 0.1) is 0 Å². The second kappa shape index (κ2) is 7.48. The molecule has 1 atom stereocenters. The summed E-state index contributed by atoms with van der Waals surface area (Å²) in [6, 6.07) is 15.7. The van der Waals surface area contributed by atoms with Gasteiger partial charge in [-0.05, 0) is 36.6 Å². The Kier molecular flexibility index (Phi) is 5.28. The van der Waals surface area contributed by atoms with E-state index in [0.29, 0.717) is 5.75 Å². The number of carbonyl (C=O) groups excluding carboxylic acids is 1. The molecule has 0 aliphatic carbocycles. The average Bonchev–Trinajstić information content (AvgIpc) is 2.62. The van der Waals surface area contributed by atoms with Crippen molar-refractivity contribution in [3.63, 3.8) is 0 Å². The van der Waals surface area contributed by atoms with Crippen molar-refractivity contribution < 1.29 is 22.7 Å². The van der Waals surface area contributed by atoms with Crippen LogP contribution in [0.1, 0.15) is 12.5 Å². The van der Waals surface area contributed by atoms with Gasteiger partial charge in [0.1, 0.15) is 5.75 Å². The molecule has 0 saturated carbocycles. The Morgan fingerprint density at radius 3 is 2.52 bits per heavy atom. The van der Waals surface area contributed by atoms with Gasteiger partial charge < -0.3 is 10.1 Å². The first-order chi connectivity index (χ1) is 12.8. The Labute approximate surface area is 158 Å². The van der Waals surface area contributed by atoms with Crippen LogP contribution in [-0.2, 0) is 11.0 Å². The summed E-state index contributed by atoms with van der Waals surface area (Å²) >= 11 is 5.91. The van der Waals surface area contributed by atoms with E-state index in [2.05, 4.69) is 5.32 Å². The molecule has 0 aliphatic rings. The summed E-state index contributed by atoms with van der Waals surface area (Å²) in [5.41, 5.74) is -1.02. The number of rotatable bonds is 4. The van der Waals surface area contributed by atoms with E-state index in [0.717, 1.165) is 29.0 Å². The van der Waals surface area contributed by atoms with Crippen molar-refractivity contribution in [3.05, 3.63) is 71.2 Å². The average molecular weight is 394 g/mol. The lowest BCUT2D eigenvalue weighted by molar-refractivity contribution is -0.137. The van der Waals surface area contributed by atoms with Crippen molar-refractivity contribution in [2.24, 2.45) is 0 Å². The third kappa shape index (κ3) is 4.34. The highest BCUT2D eigenvalue weighted by molar-refractivity contribution is 6.33. The number of amides is 1. The van der Waals surface area contributed by atoms with Crippen LogP contribution < -0.4 is 10.1 Å². The highest BCUT2D eigenvalue weighted by atomic mass is 35.5. The first-order valence-corrected chi connectivity index (χ1v) is 8.45. The van der Waals surface area contributed by atoms with Crippen molar-refractivity contribution >= 4 is 34.0 Å². The first-order valence-electron chi connectivity index (χ1n) is 8.08. The quantitative estimate of drug-likeness (QED) is 0.597. The van der Waals surface area contributed by atoms with Crippen molar-refractivity contribution in [1.82, 2.24) is 0 Å². The highest BCUT2D eigenvalue weighted by Gasteiger charge is 2.31. The molecule has 3 rings (SSSR count). The van der Waals surface area contributed by atoms with Crippen molar-refractivity contribution in [2.75, 3.05) is 5.32 Å². The lowest BCUT2D eigenvalue weighted by Gasteiger charge is -2.17. The van der Waals surface area contributed by atoms with Crippen molar-refractivity contribution in [2.45, 2.75) is 19.2 Å². The largest absolute Gasteiger partial charge is 0.480 e. The van der Waals surface area contributed by atoms with Crippen LogP contribution in [0.25, 0.3) is 10.8 Å². The molecule has 0 aliphatic heterocycles. The molecule has 7 heteroatoms. The van der Waals surface area contributed by atoms with Gasteiger partial charge in [0, 0.05) is 5.39 Å². The Hall–Kier alpha value is -2.73. The van der Waals surface area contributed by atoms with Crippen LogP contribution in [-0.4, -0.2) is 12.0 Å². The lowest BCUT2D eigenvalue weighted by Crippen LogP contribution is -2.30. The minimum absolute atomic E-state index is 0.00807. The van der Waals surface area contributed by atoms with E-state index >= 15 is 0 Å². The number of hydrogen-bond donors (Lipinski definition) is 1. The fraction of sp³-hybridized carbons (Fsp3) is 0.150. The van der Waals surface area contributed by atoms with Crippen LogP contribution in [0.3, 0.4) is 0 Å². The molecule has 3 aromatic carbocycles. The van der Waals surface area contributed by atoms with E-state index in [1.807, 2.05) is 30.3 Å². The maximum Gasteiger partial charge on any atom is 0.416 e. The van der Waals surface area contributed by atoms with E-state index in [1.54, 1.807) is 12.1 Å². The standard InChI is InChI=1S/C20H15ClF3NO2/c1-12(27-18-8-4-6-13-5-2-3-7-15(13)18)19(26)25-17-11-14(20(22,23)24)9-10-16(17)21/h2-12H,1H3,(H,25,26). The van der Waals surface area contributed by atoms with Gasteiger partial charge in [0.25, 0.3) is 5.91 Å². The fourth-order valence-corrected chi connectivity index (χ4v) is 2.74. The molecule has 0 fully saturated rings. The monoisotopic (exact) mass is 393 g/mol. The molecule has 1 unspecified atom stereocenters. The molecule has 0 aromatic heterocycles. The molecule has 1 amide bonds. The number of anilines is 1.